The van der Waals surface area contributed by atoms with E-state index >= 15 is 0 Å². The molecular weight excluding hydrogens is 306 g/mol. The average molecular weight is 322 g/mol. The zero-order valence-electron chi connectivity index (χ0n) is 11.1. The number of halogens is 1. The van der Waals surface area contributed by atoms with Crippen molar-refractivity contribution >= 4 is 33.3 Å². The maximum absolute atomic E-state index is 5.41. The molecule has 1 aromatic carbocycles. The van der Waals surface area contributed by atoms with Crippen LogP contribution in [0.3, 0.4) is 0 Å². The van der Waals surface area contributed by atoms with Crippen LogP contribution in [0.5, 0.6) is 0 Å². The van der Waals surface area contributed by atoms with E-state index in [9.17, 15) is 0 Å². The van der Waals surface area contributed by atoms with E-state index in [4.69, 9.17) is 5.84 Å². The number of nitrogen functional groups attached to an aromatic ring is 1. The van der Waals surface area contributed by atoms with Gasteiger partial charge in [0.05, 0.1) is 0 Å². The minimum absolute atomic E-state index is 0.614. The predicted octanol–water partition coefficient (Wildman–Crippen LogP) is 3.19. The zero-order valence-corrected chi connectivity index (χ0v) is 12.7. The summed E-state index contributed by atoms with van der Waals surface area (Å²) in [5, 5.41) is 3.29. The third kappa shape index (κ3) is 2.85. The van der Waals surface area contributed by atoms with Crippen molar-refractivity contribution in [3.05, 3.63) is 39.6 Å². The number of aryl methyl sites for hydroxylation is 2. The quantitative estimate of drug-likeness (QED) is 0.598. The largest absolute Gasteiger partial charge is 0.340 e. The van der Waals surface area contributed by atoms with Gasteiger partial charge in [0.25, 0.3) is 0 Å². The van der Waals surface area contributed by atoms with E-state index in [0.29, 0.717) is 5.82 Å². The third-order valence-electron chi connectivity index (χ3n) is 2.92. The predicted molar refractivity (Wildman–Crippen MR) is 81.5 cm³/mol. The Morgan fingerprint density at radius 1 is 1.05 bits per heavy atom. The number of hydrogen-bond donors (Lipinski definition) is 3. The molecule has 1 aromatic heterocycles. The second-order valence-corrected chi connectivity index (χ2v) is 5.18. The molecule has 4 N–H and O–H groups in total. The lowest BCUT2D eigenvalue weighted by Crippen LogP contribution is -2.11. The number of aromatic nitrogens is 2. The Morgan fingerprint density at radius 3 is 2.21 bits per heavy atom. The zero-order chi connectivity index (χ0) is 14.0. The van der Waals surface area contributed by atoms with E-state index in [1.165, 1.54) is 17.5 Å². The Kier molecular flexibility index (Phi) is 4.01. The Balaban J connectivity index is 2.36. The van der Waals surface area contributed by atoms with Gasteiger partial charge >= 0.3 is 0 Å². The number of rotatable bonds is 3. The normalized spacial score (nSPS) is 10.4. The van der Waals surface area contributed by atoms with Gasteiger partial charge in [0.2, 0.25) is 0 Å². The Hall–Kier alpha value is -1.66. The van der Waals surface area contributed by atoms with Crippen LogP contribution in [-0.2, 0) is 0 Å². The van der Waals surface area contributed by atoms with Gasteiger partial charge in [-0.05, 0) is 44.0 Å². The Bertz CT molecular complexity index is 589. The molecule has 19 heavy (non-hydrogen) atoms. The van der Waals surface area contributed by atoms with E-state index in [1.54, 1.807) is 0 Å². The Labute approximate surface area is 120 Å². The smallest absolute Gasteiger partial charge is 0.148 e. The summed E-state index contributed by atoms with van der Waals surface area (Å²) in [7, 11) is 0. The van der Waals surface area contributed by atoms with Crippen molar-refractivity contribution < 1.29 is 0 Å². The highest BCUT2D eigenvalue weighted by Crippen LogP contribution is 2.28. The molecule has 0 spiro atoms. The van der Waals surface area contributed by atoms with Gasteiger partial charge in [-0.3, -0.25) is 0 Å². The molecule has 0 saturated heterocycles. The number of benzene rings is 1. The molecule has 5 nitrogen and oxygen atoms in total. The lowest BCUT2D eigenvalue weighted by atomic mass is 10.1. The highest BCUT2D eigenvalue weighted by molar-refractivity contribution is 9.10. The molecular formula is C13H16BrN5. The van der Waals surface area contributed by atoms with E-state index in [-0.39, 0.29) is 0 Å². The number of nitrogens with zero attached hydrogens (tertiary/aromatic N) is 2. The van der Waals surface area contributed by atoms with Gasteiger partial charge in [-0.25, -0.2) is 15.8 Å². The summed E-state index contributed by atoms with van der Waals surface area (Å²) in [6.07, 6.45) is 1.48. The van der Waals surface area contributed by atoms with Crippen molar-refractivity contribution in [1.29, 1.82) is 0 Å². The summed E-state index contributed by atoms with van der Waals surface area (Å²) in [6, 6.07) is 4.13. The number of hydrogen-bond acceptors (Lipinski definition) is 5. The van der Waals surface area contributed by atoms with Crippen LogP contribution in [0, 0.1) is 20.8 Å². The fourth-order valence-corrected chi connectivity index (χ4v) is 2.11. The highest BCUT2D eigenvalue weighted by atomic mass is 79.9. The first-order chi connectivity index (χ1) is 9.02. The summed E-state index contributed by atoms with van der Waals surface area (Å²) in [4.78, 5) is 8.29. The van der Waals surface area contributed by atoms with Crippen molar-refractivity contribution in [2.45, 2.75) is 20.8 Å². The van der Waals surface area contributed by atoms with Crippen LogP contribution in [0.15, 0.2) is 22.9 Å². The standard InChI is InChI=1S/C13H16BrN5/c1-7-4-10(5-8(2)11(7)14)18-12-9(3)13(19-15)17-6-16-12/h4-6H,15H2,1-3H3,(H2,16,17,18,19). The number of nitrogens with one attached hydrogen (secondary N) is 2. The van der Waals surface area contributed by atoms with Gasteiger partial charge in [-0.1, -0.05) is 15.9 Å². The number of anilines is 3. The Morgan fingerprint density at radius 2 is 1.63 bits per heavy atom. The van der Waals surface area contributed by atoms with Crippen LogP contribution >= 0.6 is 15.9 Å². The fourth-order valence-electron chi connectivity index (χ4n) is 1.88. The first-order valence-corrected chi connectivity index (χ1v) is 6.64. The summed E-state index contributed by atoms with van der Waals surface area (Å²) in [5.41, 5.74) is 6.77. The molecule has 1 heterocycles. The second kappa shape index (κ2) is 5.54. The first-order valence-electron chi connectivity index (χ1n) is 5.85. The van der Waals surface area contributed by atoms with Gasteiger partial charge in [0, 0.05) is 15.7 Å². The summed E-state index contributed by atoms with van der Waals surface area (Å²) in [5.74, 6) is 6.76. The van der Waals surface area contributed by atoms with Crippen LogP contribution in [-0.4, -0.2) is 9.97 Å². The average Bonchev–Trinajstić information content (AvgIpc) is 2.38. The van der Waals surface area contributed by atoms with Crippen LogP contribution in [0.4, 0.5) is 17.3 Å². The molecule has 0 atom stereocenters. The van der Waals surface area contributed by atoms with Crippen LogP contribution in [0.1, 0.15) is 16.7 Å². The molecule has 2 rings (SSSR count). The molecule has 0 amide bonds. The van der Waals surface area contributed by atoms with Crippen LogP contribution in [0.25, 0.3) is 0 Å². The minimum Gasteiger partial charge on any atom is -0.340 e. The van der Waals surface area contributed by atoms with Crippen molar-refractivity contribution in [2.75, 3.05) is 10.7 Å². The summed E-state index contributed by atoms with van der Waals surface area (Å²) >= 11 is 3.56. The van der Waals surface area contributed by atoms with Crippen LogP contribution < -0.4 is 16.6 Å². The summed E-state index contributed by atoms with van der Waals surface area (Å²) in [6.45, 7) is 6.03. The number of nitrogens with two attached hydrogens (primary N) is 1. The lowest BCUT2D eigenvalue weighted by Gasteiger charge is -2.13. The van der Waals surface area contributed by atoms with Crippen molar-refractivity contribution in [2.24, 2.45) is 5.84 Å². The lowest BCUT2D eigenvalue weighted by molar-refractivity contribution is 1.10. The molecule has 2 aromatic rings. The molecule has 0 bridgehead atoms. The van der Waals surface area contributed by atoms with Crippen LogP contribution in [0.2, 0.25) is 0 Å². The van der Waals surface area contributed by atoms with Gasteiger partial charge in [-0.15, -0.1) is 0 Å². The van der Waals surface area contributed by atoms with Crippen molar-refractivity contribution in [3.8, 4) is 0 Å². The molecule has 0 aliphatic rings. The third-order valence-corrected chi connectivity index (χ3v) is 4.17. The van der Waals surface area contributed by atoms with Crippen molar-refractivity contribution in [3.63, 3.8) is 0 Å². The summed E-state index contributed by atoms with van der Waals surface area (Å²) < 4.78 is 1.13. The maximum atomic E-state index is 5.41. The van der Waals surface area contributed by atoms with Gasteiger partial charge < -0.3 is 10.7 Å². The molecule has 0 unspecified atom stereocenters. The number of hydrazine groups is 1. The molecule has 0 fully saturated rings. The van der Waals surface area contributed by atoms with E-state index < -0.39 is 0 Å². The molecule has 100 valence electrons. The van der Waals surface area contributed by atoms with Gasteiger partial charge in [-0.2, -0.15) is 0 Å². The maximum Gasteiger partial charge on any atom is 0.148 e. The van der Waals surface area contributed by atoms with Gasteiger partial charge in [0.15, 0.2) is 0 Å². The molecule has 0 aliphatic carbocycles. The van der Waals surface area contributed by atoms with E-state index in [0.717, 1.165) is 21.5 Å². The SMILES string of the molecule is Cc1cc(Nc2ncnc(NN)c2C)cc(C)c1Br. The van der Waals surface area contributed by atoms with Gasteiger partial charge in [0.1, 0.15) is 18.0 Å². The monoisotopic (exact) mass is 321 g/mol. The first kappa shape index (κ1) is 13.8. The molecule has 0 aliphatic heterocycles. The second-order valence-electron chi connectivity index (χ2n) is 4.39. The molecule has 0 saturated carbocycles. The fraction of sp³-hybridized carbons (Fsp3) is 0.231. The topological polar surface area (TPSA) is 75.9 Å². The molecule has 0 radical (unpaired) electrons. The van der Waals surface area contributed by atoms with E-state index in [2.05, 4.69) is 62.6 Å². The van der Waals surface area contributed by atoms with Crippen molar-refractivity contribution in [1.82, 2.24) is 9.97 Å². The van der Waals surface area contributed by atoms with E-state index in [1.807, 2.05) is 6.92 Å². The minimum atomic E-state index is 0.614. The highest BCUT2D eigenvalue weighted by Gasteiger charge is 2.08. The molecule has 6 heteroatoms.